The topological polar surface area (TPSA) is 73.1 Å². The molecular formula is C21H25N5O2S. The van der Waals surface area contributed by atoms with Crippen LogP contribution in [0.25, 0.3) is 11.4 Å². The summed E-state index contributed by atoms with van der Waals surface area (Å²) in [6.07, 6.45) is 3.45. The number of thioether (sulfide) groups is 1. The van der Waals surface area contributed by atoms with Crippen molar-refractivity contribution < 1.29 is 9.53 Å². The van der Waals surface area contributed by atoms with Gasteiger partial charge in [0.1, 0.15) is 0 Å². The minimum absolute atomic E-state index is 0.0375. The van der Waals surface area contributed by atoms with Crippen molar-refractivity contribution in [2.24, 2.45) is 0 Å². The zero-order chi connectivity index (χ0) is 20.6. The molecule has 152 valence electrons. The van der Waals surface area contributed by atoms with Gasteiger partial charge in [0, 0.05) is 37.3 Å². The van der Waals surface area contributed by atoms with Crippen LogP contribution in [0.15, 0.2) is 60.0 Å². The maximum Gasteiger partial charge on any atom is 0.240 e. The summed E-state index contributed by atoms with van der Waals surface area (Å²) < 4.78 is 7.25. The number of ether oxygens (including phenoxy) is 1. The molecule has 0 saturated carbocycles. The molecule has 1 amide bonds. The van der Waals surface area contributed by atoms with Gasteiger partial charge >= 0.3 is 0 Å². The van der Waals surface area contributed by atoms with Crippen molar-refractivity contribution in [1.82, 2.24) is 19.7 Å². The number of carbonyl (C=O) groups is 1. The number of anilines is 1. The molecular weight excluding hydrogens is 386 g/mol. The molecule has 0 spiro atoms. The Hall–Kier alpha value is -2.71. The van der Waals surface area contributed by atoms with Gasteiger partial charge in [-0.15, -0.1) is 10.2 Å². The first-order valence-electron chi connectivity index (χ1n) is 9.51. The highest BCUT2D eigenvalue weighted by atomic mass is 32.2. The third-order valence-corrected chi connectivity index (χ3v) is 5.52. The molecule has 0 aliphatic carbocycles. The average Bonchev–Trinajstić information content (AvgIpc) is 3.16. The van der Waals surface area contributed by atoms with E-state index in [1.807, 2.05) is 60.9 Å². The first kappa shape index (κ1) is 21.0. The standard InChI is InChI=1S/C21H25N5O2S/c1-4-25(18-8-6-5-7-9-18)20(27)16(2)29-21-24-23-19(26(21)14-15-28-3)17-10-12-22-13-11-17/h5-13,16H,4,14-15H2,1-3H3. The lowest BCUT2D eigenvalue weighted by molar-refractivity contribution is -0.117. The van der Waals surface area contributed by atoms with Crippen LogP contribution < -0.4 is 4.90 Å². The van der Waals surface area contributed by atoms with Gasteiger partial charge in [0.15, 0.2) is 11.0 Å². The zero-order valence-corrected chi connectivity index (χ0v) is 17.7. The predicted molar refractivity (Wildman–Crippen MR) is 115 cm³/mol. The lowest BCUT2D eigenvalue weighted by Gasteiger charge is -2.24. The molecule has 3 rings (SSSR count). The van der Waals surface area contributed by atoms with Crippen molar-refractivity contribution in [2.75, 3.05) is 25.2 Å². The second-order valence-corrected chi connectivity index (χ2v) is 7.67. The van der Waals surface area contributed by atoms with Crippen LogP contribution in [0.4, 0.5) is 5.69 Å². The number of aromatic nitrogens is 4. The average molecular weight is 412 g/mol. The Morgan fingerprint density at radius 1 is 1.17 bits per heavy atom. The number of nitrogens with zero attached hydrogens (tertiary/aromatic N) is 5. The van der Waals surface area contributed by atoms with Gasteiger partial charge in [-0.05, 0) is 38.1 Å². The van der Waals surface area contributed by atoms with E-state index in [1.165, 1.54) is 11.8 Å². The monoisotopic (exact) mass is 411 g/mol. The summed E-state index contributed by atoms with van der Waals surface area (Å²) in [6.45, 7) is 5.61. The second-order valence-electron chi connectivity index (χ2n) is 6.36. The summed E-state index contributed by atoms with van der Waals surface area (Å²) in [5.74, 6) is 0.775. The van der Waals surface area contributed by atoms with E-state index >= 15 is 0 Å². The molecule has 0 radical (unpaired) electrons. The third-order valence-electron chi connectivity index (χ3n) is 4.45. The summed E-state index contributed by atoms with van der Waals surface area (Å²) in [5, 5.41) is 9.09. The van der Waals surface area contributed by atoms with Gasteiger partial charge in [-0.25, -0.2) is 0 Å². The highest BCUT2D eigenvalue weighted by Crippen LogP contribution is 2.28. The molecule has 0 aliphatic heterocycles. The van der Waals surface area contributed by atoms with E-state index in [9.17, 15) is 4.79 Å². The van der Waals surface area contributed by atoms with Crippen molar-refractivity contribution in [3.63, 3.8) is 0 Å². The van der Waals surface area contributed by atoms with Gasteiger partial charge in [-0.1, -0.05) is 30.0 Å². The Morgan fingerprint density at radius 3 is 2.55 bits per heavy atom. The van der Waals surface area contributed by atoms with Gasteiger partial charge in [0.25, 0.3) is 0 Å². The number of amides is 1. The summed E-state index contributed by atoms with van der Waals surface area (Å²) in [7, 11) is 1.66. The summed E-state index contributed by atoms with van der Waals surface area (Å²) in [5.41, 5.74) is 1.82. The lowest BCUT2D eigenvalue weighted by atomic mass is 10.2. The molecule has 0 N–H and O–H groups in total. The second kappa shape index (κ2) is 10.2. The van der Waals surface area contributed by atoms with E-state index in [1.54, 1.807) is 24.4 Å². The number of rotatable bonds is 9. The van der Waals surface area contributed by atoms with Gasteiger partial charge in [0.05, 0.1) is 18.4 Å². The van der Waals surface area contributed by atoms with E-state index in [4.69, 9.17) is 4.74 Å². The van der Waals surface area contributed by atoms with Crippen LogP contribution in [0, 0.1) is 0 Å². The van der Waals surface area contributed by atoms with Gasteiger partial charge in [-0.2, -0.15) is 0 Å². The fourth-order valence-corrected chi connectivity index (χ4v) is 3.91. The molecule has 2 heterocycles. The number of methoxy groups -OCH3 is 1. The molecule has 2 aromatic heterocycles. The van der Waals surface area contributed by atoms with Gasteiger partial charge in [-0.3, -0.25) is 14.3 Å². The first-order valence-corrected chi connectivity index (χ1v) is 10.4. The smallest absolute Gasteiger partial charge is 0.240 e. The van der Waals surface area contributed by atoms with Crippen molar-refractivity contribution in [1.29, 1.82) is 0 Å². The molecule has 29 heavy (non-hydrogen) atoms. The van der Waals surface area contributed by atoms with E-state index in [-0.39, 0.29) is 11.2 Å². The Labute approximate surface area is 175 Å². The largest absolute Gasteiger partial charge is 0.383 e. The Balaban J connectivity index is 1.83. The van der Waals surface area contributed by atoms with Crippen LogP contribution in [-0.2, 0) is 16.1 Å². The van der Waals surface area contributed by atoms with Crippen LogP contribution in [0.2, 0.25) is 0 Å². The molecule has 0 aliphatic rings. The molecule has 1 unspecified atom stereocenters. The molecule has 8 heteroatoms. The highest BCUT2D eigenvalue weighted by Gasteiger charge is 2.25. The van der Waals surface area contributed by atoms with Crippen molar-refractivity contribution in [2.45, 2.75) is 30.8 Å². The number of hydrogen-bond acceptors (Lipinski definition) is 6. The van der Waals surface area contributed by atoms with Crippen molar-refractivity contribution >= 4 is 23.4 Å². The molecule has 0 bridgehead atoms. The minimum Gasteiger partial charge on any atom is -0.383 e. The summed E-state index contributed by atoms with van der Waals surface area (Å²) >= 11 is 1.41. The van der Waals surface area contributed by atoms with Crippen LogP contribution in [0.5, 0.6) is 0 Å². The maximum atomic E-state index is 13.1. The number of para-hydroxylation sites is 1. The molecule has 1 atom stereocenters. The van der Waals surface area contributed by atoms with Gasteiger partial charge in [0.2, 0.25) is 5.91 Å². The highest BCUT2D eigenvalue weighted by molar-refractivity contribution is 8.00. The van der Waals surface area contributed by atoms with E-state index in [0.717, 1.165) is 17.1 Å². The number of pyridine rings is 1. The Bertz CT molecular complexity index is 917. The lowest BCUT2D eigenvalue weighted by Crippen LogP contribution is -2.36. The Kier molecular flexibility index (Phi) is 7.37. The molecule has 0 saturated heterocycles. The van der Waals surface area contributed by atoms with Crippen LogP contribution in [-0.4, -0.2) is 51.2 Å². The molecule has 1 aromatic carbocycles. The van der Waals surface area contributed by atoms with Crippen molar-refractivity contribution in [3.8, 4) is 11.4 Å². The maximum absolute atomic E-state index is 13.1. The number of benzene rings is 1. The van der Waals surface area contributed by atoms with E-state index in [2.05, 4.69) is 15.2 Å². The fraction of sp³-hybridized carbons (Fsp3) is 0.333. The minimum atomic E-state index is -0.314. The van der Waals surface area contributed by atoms with Crippen LogP contribution in [0.3, 0.4) is 0 Å². The third kappa shape index (κ3) is 5.02. The SMILES string of the molecule is CCN(C(=O)C(C)Sc1nnc(-c2ccncc2)n1CCOC)c1ccccc1. The van der Waals surface area contributed by atoms with Crippen LogP contribution >= 0.6 is 11.8 Å². The van der Waals surface area contributed by atoms with Gasteiger partial charge < -0.3 is 9.64 Å². The number of carbonyl (C=O) groups excluding carboxylic acids is 1. The van der Waals surface area contributed by atoms with E-state index in [0.29, 0.717) is 24.9 Å². The molecule has 0 fully saturated rings. The zero-order valence-electron chi connectivity index (χ0n) is 16.9. The first-order chi connectivity index (χ1) is 14.2. The quantitative estimate of drug-likeness (QED) is 0.502. The summed E-state index contributed by atoms with van der Waals surface area (Å²) in [4.78, 5) is 18.9. The Morgan fingerprint density at radius 2 is 1.90 bits per heavy atom. The fourth-order valence-electron chi connectivity index (χ4n) is 2.98. The van der Waals surface area contributed by atoms with E-state index < -0.39 is 0 Å². The number of hydrogen-bond donors (Lipinski definition) is 0. The van der Waals surface area contributed by atoms with Crippen LogP contribution in [0.1, 0.15) is 13.8 Å². The molecule has 7 nitrogen and oxygen atoms in total. The predicted octanol–water partition coefficient (Wildman–Crippen LogP) is 3.52. The summed E-state index contributed by atoms with van der Waals surface area (Å²) in [6, 6.07) is 13.5. The normalized spacial score (nSPS) is 12.0. The van der Waals surface area contributed by atoms with Crippen molar-refractivity contribution in [3.05, 3.63) is 54.9 Å². The molecule has 3 aromatic rings.